The van der Waals surface area contributed by atoms with Crippen LogP contribution in [0.2, 0.25) is 0 Å². The van der Waals surface area contributed by atoms with Crippen molar-refractivity contribution < 1.29 is 28.6 Å². The molecular weight excluding hydrogens is 584 g/mol. The van der Waals surface area contributed by atoms with Crippen LogP contribution in [0.15, 0.2) is 76.1 Å². The van der Waals surface area contributed by atoms with E-state index in [4.69, 9.17) is 14.2 Å². The maximum atomic E-state index is 13.0. The van der Waals surface area contributed by atoms with Crippen LogP contribution in [0.25, 0.3) is 6.08 Å². The zero-order valence-electron chi connectivity index (χ0n) is 21.4. The minimum Gasteiger partial charge on any atom is -0.494 e. The molecule has 1 aliphatic rings. The number of imide groups is 1. The van der Waals surface area contributed by atoms with Crippen molar-refractivity contribution >= 4 is 56.5 Å². The van der Waals surface area contributed by atoms with Gasteiger partial charge in [-0.25, -0.2) is 0 Å². The number of ether oxygens (including phenoxy) is 3. The van der Waals surface area contributed by atoms with E-state index >= 15 is 0 Å². The van der Waals surface area contributed by atoms with Crippen LogP contribution in [0.5, 0.6) is 17.2 Å². The molecule has 8 nitrogen and oxygen atoms in total. The number of nitrogens with one attached hydrogen (secondary N) is 1. The number of rotatable bonds is 11. The van der Waals surface area contributed by atoms with Gasteiger partial charge in [0.2, 0.25) is 5.91 Å². The number of hydrogen-bond donors (Lipinski definition) is 1. The first kappa shape index (κ1) is 28.3. The van der Waals surface area contributed by atoms with Gasteiger partial charge in [0.05, 0.1) is 22.6 Å². The molecule has 202 valence electrons. The Morgan fingerprint density at radius 2 is 1.69 bits per heavy atom. The first-order chi connectivity index (χ1) is 18.9. The summed E-state index contributed by atoms with van der Waals surface area (Å²) in [6.07, 6.45) is 1.60. The highest BCUT2D eigenvalue weighted by atomic mass is 79.9. The van der Waals surface area contributed by atoms with E-state index in [-0.39, 0.29) is 4.91 Å². The molecule has 0 aliphatic carbocycles. The Bertz CT molecular complexity index is 1380. The Hall–Kier alpha value is -3.76. The number of thioether (sulfide) groups is 1. The van der Waals surface area contributed by atoms with Crippen molar-refractivity contribution in [1.29, 1.82) is 0 Å². The molecule has 4 rings (SSSR count). The highest BCUT2D eigenvalue weighted by Crippen LogP contribution is 2.39. The van der Waals surface area contributed by atoms with Crippen molar-refractivity contribution in [3.63, 3.8) is 0 Å². The third-order valence-electron chi connectivity index (χ3n) is 5.48. The van der Waals surface area contributed by atoms with E-state index in [0.717, 1.165) is 22.2 Å². The summed E-state index contributed by atoms with van der Waals surface area (Å²) in [5.74, 6) is 0.704. The van der Waals surface area contributed by atoms with Crippen LogP contribution in [-0.2, 0) is 16.2 Å². The number of nitrogens with zero attached hydrogens (tertiary/aromatic N) is 1. The quantitative estimate of drug-likeness (QED) is 0.248. The lowest BCUT2D eigenvalue weighted by molar-refractivity contribution is -0.127. The van der Waals surface area contributed by atoms with Gasteiger partial charge >= 0.3 is 0 Å². The minimum atomic E-state index is -0.537. The van der Waals surface area contributed by atoms with Crippen LogP contribution in [0, 0.1) is 0 Å². The lowest BCUT2D eigenvalue weighted by Crippen LogP contribution is -2.36. The maximum Gasteiger partial charge on any atom is 0.294 e. The summed E-state index contributed by atoms with van der Waals surface area (Å²) in [4.78, 5) is 39.3. The van der Waals surface area contributed by atoms with Crippen molar-refractivity contribution in [3.05, 3.63) is 87.2 Å². The molecule has 3 aromatic carbocycles. The van der Waals surface area contributed by atoms with E-state index in [1.54, 1.807) is 42.5 Å². The number of anilines is 1. The molecular formula is C29H27BrN2O6S. The molecule has 1 aliphatic heterocycles. The van der Waals surface area contributed by atoms with E-state index in [0.29, 0.717) is 52.8 Å². The summed E-state index contributed by atoms with van der Waals surface area (Å²) in [5, 5.41) is 2.18. The second-order valence-corrected chi connectivity index (χ2v) is 10.2. The molecule has 0 unspecified atom stereocenters. The van der Waals surface area contributed by atoms with Gasteiger partial charge in [-0.1, -0.05) is 30.3 Å². The van der Waals surface area contributed by atoms with Gasteiger partial charge < -0.3 is 19.5 Å². The smallest absolute Gasteiger partial charge is 0.294 e. The van der Waals surface area contributed by atoms with Gasteiger partial charge in [0.15, 0.2) is 11.5 Å². The average molecular weight is 612 g/mol. The predicted octanol–water partition coefficient (Wildman–Crippen LogP) is 6.50. The van der Waals surface area contributed by atoms with Gasteiger partial charge in [0, 0.05) is 5.69 Å². The fourth-order valence-electron chi connectivity index (χ4n) is 3.74. The molecule has 1 fully saturated rings. The van der Waals surface area contributed by atoms with E-state index in [2.05, 4.69) is 21.2 Å². The second kappa shape index (κ2) is 13.3. The van der Waals surface area contributed by atoms with E-state index in [9.17, 15) is 14.4 Å². The average Bonchev–Trinajstić information content (AvgIpc) is 3.17. The molecule has 0 atom stereocenters. The third-order valence-corrected chi connectivity index (χ3v) is 6.98. The Morgan fingerprint density at radius 3 is 2.38 bits per heavy atom. The lowest BCUT2D eigenvalue weighted by Gasteiger charge is -2.15. The van der Waals surface area contributed by atoms with Gasteiger partial charge in [-0.3, -0.25) is 19.3 Å². The van der Waals surface area contributed by atoms with Gasteiger partial charge in [-0.2, -0.15) is 0 Å². The first-order valence-electron chi connectivity index (χ1n) is 12.3. The summed E-state index contributed by atoms with van der Waals surface area (Å²) in [5.41, 5.74) is 2.19. The number of halogens is 1. The van der Waals surface area contributed by atoms with Crippen LogP contribution in [0.1, 0.15) is 25.0 Å². The topological polar surface area (TPSA) is 94.2 Å². The van der Waals surface area contributed by atoms with E-state index in [1.165, 1.54) is 0 Å². The van der Waals surface area contributed by atoms with Crippen molar-refractivity contribution in [2.45, 2.75) is 20.5 Å². The van der Waals surface area contributed by atoms with Crippen LogP contribution >= 0.6 is 27.7 Å². The Labute approximate surface area is 239 Å². The zero-order chi connectivity index (χ0) is 27.8. The fraction of sp³-hybridized carbons (Fsp3) is 0.207. The Balaban J connectivity index is 1.45. The summed E-state index contributed by atoms with van der Waals surface area (Å²) in [6, 6.07) is 20.1. The highest BCUT2D eigenvalue weighted by molar-refractivity contribution is 9.10. The van der Waals surface area contributed by atoms with Gasteiger partial charge in [-0.15, -0.1) is 0 Å². The molecule has 3 aromatic rings. The van der Waals surface area contributed by atoms with E-state index < -0.39 is 23.6 Å². The number of amides is 3. The van der Waals surface area contributed by atoms with E-state index in [1.807, 2.05) is 44.2 Å². The molecule has 0 saturated carbocycles. The van der Waals surface area contributed by atoms with Gasteiger partial charge in [0.1, 0.15) is 18.9 Å². The van der Waals surface area contributed by atoms with Crippen molar-refractivity contribution in [2.75, 3.05) is 25.1 Å². The van der Waals surface area contributed by atoms with Gasteiger partial charge in [0.25, 0.3) is 11.1 Å². The largest absolute Gasteiger partial charge is 0.494 e. The van der Waals surface area contributed by atoms with Crippen LogP contribution in [0.4, 0.5) is 10.5 Å². The van der Waals surface area contributed by atoms with Gasteiger partial charge in [-0.05, 0) is 95.1 Å². The molecule has 1 saturated heterocycles. The summed E-state index contributed by atoms with van der Waals surface area (Å²) in [6.45, 7) is 4.66. The monoisotopic (exact) mass is 610 g/mol. The molecule has 39 heavy (non-hydrogen) atoms. The summed E-state index contributed by atoms with van der Waals surface area (Å²) >= 11 is 4.33. The molecule has 0 bridgehead atoms. The van der Waals surface area contributed by atoms with Crippen molar-refractivity contribution in [1.82, 2.24) is 4.90 Å². The molecule has 3 amide bonds. The SMILES string of the molecule is CCOc1ccc(NC(=O)CN2C(=O)S/C(=C/c3cc(Br)c(OCc4ccccc4)c(OCC)c3)C2=O)cc1. The highest BCUT2D eigenvalue weighted by Gasteiger charge is 2.36. The second-order valence-electron chi connectivity index (χ2n) is 8.31. The molecule has 0 radical (unpaired) electrons. The lowest BCUT2D eigenvalue weighted by atomic mass is 10.1. The molecule has 0 aromatic heterocycles. The summed E-state index contributed by atoms with van der Waals surface area (Å²) < 4.78 is 17.8. The van der Waals surface area contributed by atoms with Crippen molar-refractivity contribution in [2.24, 2.45) is 0 Å². The minimum absolute atomic E-state index is 0.209. The Kier molecular flexibility index (Phi) is 9.67. The Morgan fingerprint density at radius 1 is 0.974 bits per heavy atom. The van der Waals surface area contributed by atoms with Crippen LogP contribution < -0.4 is 19.5 Å². The van der Waals surface area contributed by atoms with Crippen LogP contribution in [0.3, 0.4) is 0 Å². The van der Waals surface area contributed by atoms with Crippen LogP contribution in [-0.4, -0.2) is 41.7 Å². The molecule has 1 N–H and O–H groups in total. The molecule has 10 heteroatoms. The number of hydrogen-bond acceptors (Lipinski definition) is 7. The number of benzene rings is 3. The third kappa shape index (κ3) is 7.42. The zero-order valence-corrected chi connectivity index (χ0v) is 23.8. The number of carbonyl (C=O) groups is 3. The number of carbonyl (C=O) groups excluding carboxylic acids is 3. The molecule has 0 spiro atoms. The fourth-order valence-corrected chi connectivity index (χ4v) is 5.15. The first-order valence-corrected chi connectivity index (χ1v) is 13.9. The van der Waals surface area contributed by atoms with Crippen molar-refractivity contribution in [3.8, 4) is 17.2 Å². The summed E-state index contributed by atoms with van der Waals surface area (Å²) in [7, 11) is 0. The predicted molar refractivity (Wildman–Crippen MR) is 155 cm³/mol. The normalized spacial score (nSPS) is 14.0. The molecule has 1 heterocycles. The standard InChI is InChI=1S/C29H27BrN2O6S/c1-3-36-22-12-10-21(11-13-22)31-26(33)17-32-28(34)25(39-29(32)35)16-20-14-23(30)27(24(15-20)37-4-2)38-18-19-8-6-5-7-9-19/h5-16H,3-4,17-18H2,1-2H3,(H,31,33)/b25-16+. The maximum absolute atomic E-state index is 13.0.